The maximum absolute atomic E-state index is 10.9. The van der Waals surface area contributed by atoms with Gasteiger partial charge >= 0.3 is 5.97 Å². The molecule has 0 heterocycles. The zero-order valence-corrected chi connectivity index (χ0v) is 13.2. The molecule has 0 aliphatic heterocycles. The lowest BCUT2D eigenvalue weighted by Crippen LogP contribution is -2.42. The van der Waals surface area contributed by atoms with E-state index in [-0.39, 0.29) is 5.56 Å². The van der Waals surface area contributed by atoms with E-state index in [1.54, 1.807) is 24.3 Å². The lowest BCUT2D eigenvalue weighted by molar-refractivity contribution is 0.0696. The minimum absolute atomic E-state index is 0.259. The molecule has 2 unspecified atom stereocenters. The highest BCUT2D eigenvalue weighted by atomic mass is 32.2. The van der Waals surface area contributed by atoms with Gasteiger partial charge in [-0.3, -0.25) is 0 Å². The molecule has 2 N–H and O–H groups in total. The molecular formula is C16H23NO3S. The fourth-order valence-corrected chi connectivity index (χ4v) is 3.71. The van der Waals surface area contributed by atoms with Gasteiger partial charge in [-0.05, 0) is 37.3 Å². The molecular weight excluding hydrogens is 286 g/mol. The summed E-state index contributed by atoms with van der Waals surface area (Å²) in [6.45, 7) is 1.35. The van der Waals surface area contributed by atoms with Crippen molar-refractivity contribution in [1.29, 1.82) is 0 Å². The summed E-state index contributed by atoms with van der Waals surface area (Å²) in [7, 11) is 0. The van der Waals surface area contributed by atoms with Crippen molar-refractivity contribution in [2.24, 2.45) is 0 Å². The van der Waals surface area contributed by atoms with Gasteiger partial charge in [-0.1, -0.05) is 18.9 Å². The number of carboxylic acids is 1. The van der Waals surface area contributed by atoms with Gasteiger partial charge in [0.15, 0.2) is 0 Å². The molecule has 1 aliphatic rings. The third kappa shape index (κ3) is 4.93. The smallest absolute Gasteiger partial charge is 0.335 e. The van der Waals surface area contributed by atoms with Crippen LogP contribution in [0.15, 0.2) is 24.3 Å². The molecule has 0 bridgehead atoms. The first-order valence-corrected chi connectivity index (χ1v) is 8.72. The van der Waals surface area contributed by atoms with E-state index in [1.807, 2.05) is 11.8 Å². The Labute approximate surface area is 130 Å². The summed E-state index contributed by atoms with van der Waals surface area (Å²) in [5.74, 6) is -0.314. The maximum Gasteiger partial charge on any atom is 0.335 e. The quantitative estimate of drug-likeness (QED) is 0.758. The minimum atomic E-state index is -0.927. The Morgan fingerprint density at radius 2 is 2.24 bits per heavy atom. The number of hydrogen-bond acceptors (Lipinski definition) is 4. The first kappa shape index (κ1) is 16.2. The monoisotopic (exact) mass is 309 g/mol. The average molecular weight is 309 g/mol. The summed E-state index contributed by atoms with van der Waals surface area (Å²) in [5.41, 5.74) is 0.259. The van der Waals surface area contributed by atoms with Crippen molar-refractivity contribution in [1.82, 2.24) is 5.32 Å². The minimum Gasteiger partial charge on any atom is -0.492 e. The third-order valence-corrected chi connectivity index (χ3v) is 5.03. The number of rotatable bonds is 7. The Kier molecular flexibility index (Phi) is 6.39. The van der Waals surface area contributed by atoms with E-state index in [0.29, 0.717) is 23.6 Å². The molecule has 0 aromatic heterocycles. The lowest BCUT2D eigenvalue weighted by atomic mass is 9.95. The maximum atomic E-state index is 10.9. The Morgan fingerprint density at radius 3 is 3.00 bits per heavy atom. The number of hydrogen-bond donors (Lipinski definition) is 2. The molecule has 2 rings (SSSR count). The van der Waals surface area contributed by atoms with Crippen molar-refractivity contribution in [2.75, 3.05) is 19.4 Å². The number of thioether (sulfide) groups is 1. The van der Waals surface area contributed by atoms with Crippen LogP contribution in [0.2, 0.25) is 0 Å². The van der Waals surface area contributed by atoms with Gasteiger partial charge in [0.1, 0.15) is 12.4 Å². The van der Waals surface area contributed by atoms with Crippen LogP contribution < -0.4 is 10.1 Å². The topological polar surface area (TPSA) is 58.6 Å². The molecule has 0 amide bonds. The average Bonchev–Trinajstić information content (AvgIpc) is 2.52. The largest absolute Gasteiger partial charge is 0.492 e. The standard InChI is InChI=1S/C16H23NO3S/c1-21-15-8-3-2-7-14(15)17-9-10-20-13-6-4-5-12(11-13)16(18)19/h4-6,11,14-15,17H,2-3,7-10H2,1H3,(H,18,19). The van der Waals surface area contributed by atoms with Crippen LogP contribution in [0.25, 0.3) is 0 Å². The molecule has 1 aromatic carbocycles. The van der Waals surface area contributed by atoms with E-state index in [9.17, 15) is 4.79 Å². The van der Waals surface area contributed by atoms with Crippen molar-refractivity contribution >= 4 is 17.7 Å². The van der Waals surface area contributed by atoms with Crippen LogP contribution in [0.5, 0.6) is 5.75 Å². The van der Waals surface area contributed by atoms with E-state index < -0.39 is 5.97 Å². The lowest BCUT2D eigenvalue weighted by Gasteiger charge is -2.31. The van der Waals surface area contributed by atoms with E-state index in [4.69, 9.17) is 9.84 Å². The SMILES string of the molecule is CSC1CCCCC1NCCOc1cccc(C(=O)O)c1. The van der Waals surface area contributed by atoms with Crippen LogP contribution in [0.3, 0.4) is 0 Å². The van der Waals surface area contributed by atoms with Crippen molar-refractivity contribution in [2.45, 2.75) is 37.0 Å². The Balaban J connectivity index is 1.74. The van der Waals surface area contributed by atoms with E-state index >= 15 is 0 Å². The molecule has 4 nitrogen and oxygen atoms in total. The number of ether oxygens (including phenoxy) is 1. The van der Waals surface area contributed by atoms with E-state index in [2.05, 4.69) is 11.6 Å². The molecule has 21 heavy (non-hydrogen) atoms. The molecule has 1 aliphatic carbocycles. The fraction of sp³-hybridized carbons (Fsp3) is 0.562. The van der Waals surface area contributed by atoms with Crippen LogP contribution in [-0.4, -0.2) is 41.8 Å². The number of carbonyl (C=O) groups is 1. The number of carboxylic acid groups (broad SMARTS) is 1. The van der Waals surface area contributed by atoms with Gasteiger partial charge in [-0.25, -0.2) is 4.79 Å². The van der Waals surface area contributed by atoms with Crippen LogP contribution in [-0.2, 0) is 0 Å². The van der Waals surface area contributed by atoms with E-state index in [0.717, 1.165) is 6.54 Å². The van der Waals surface area contributed by atoms with Crippen LogP contribution in [0.1, 0.15) is 36.0 Å². The molecule has 116 valence electrons. The zero-order chi connectivity index (χ0) is 15.1. The fourth-order valence-electron chi connectivity index (χ4n) is 2.74. The highest BCUT2D eigenvalue weighted by molar-refractivity contribution is 7.99. The summed E-state index contributed by atoms with van der Waals surface area (Å²) in [4.78, 5) is 10.9. The summed E-state index contributed by atoms with van der Waals surface area (Å²) < 4.78 is 5.62. The summed E-state index contributed by atoms with van der Waals surface area (Å²) in [6.07, 6.45) is 7.34. The molecule has 5 heteroatoms. The van der Waals surface area contributed by atoms with Gasteiger partial charge in [0.05, 0.1) is 5.56 Å². The second kappa shape index (κ2) is 8.29. The molecule has 0 spiro atoms. The summed E-state index contributed by atoms with van der Waals surface area (Å²) in [5, 5.41) is 13.2. The zero-order valence-electron chi connectivity index (χ0n) is 12.4. The Bertz CT molecular complexity index is 467. The van der Waals surface area contributed by atoms with Gasteiger partial charge in [-0.15, -0.1) is 0 Å². The second-order valence-corrected chi connectivity index (χ2v) is 6.38. The first-order chi connectivity index (χ1) is 10.2. The molecule has 1 saturated carbocycles. The van der Waals surface area contributed by atoms with Crippen LogP contribution in [0, 0.1) is 0 Å². The van der Waals surface area contributed by atoms with Gasteiger partial charge in [0.25, 0.3) is 0 Å². The van der Waals surface area contributed by atoms with E-state index in [1.165, 1.54) is 25.7 Å². The summed E-state index contributed by atoms with van der Waals surface area (Å²) in [6, 6.07) is 7.20. The van der Waals surface area contributed by atoms with Crippen molar-refractivity contribution in [3.63, 3.8) is 0 Å². The van der Waals surface area contributed by atoms with Crippen molar-refractivity contribution in [3.05, 3.63) is 29.8 Å². The van der Waals surface area contributed by atoms with Crippen LogP contribution in [0.4, 0.5) is 0 Å². The van der Waals surface area contributed by atoms with Gasteiger partial charge in [0, 0.05) is 17.8 Å². The number of nitrogens with one attached hydrogen (secondary N) is 1. The second-order valence-electron chi connectivity index (χ2n) is 5.30. The number of benzene rings is 1. The van der Waals surface area contributed by atoms with Crippen LogP contribution >= 0.6 is 11.8 Å². The predicted octanol–water partition coefficient (Wildman–Crippen LogP) is 3.03. The third-order valence-electron chi connectivity index (χ3n) is 3.86. The molecule has 1 fully saturated rings. The first-order valence-electron chi connectivity index (χ1n) is 7.43. The van der Waals surface area contributed by atoms with Gasteiger partial charge < -0.3 is 15.2 Å². The molecule has 2 atom stereocenters. The molecule has 1 aromatic rings. The summed E-state index contributed by atoms with van der Waals surface area (Å²) >= 11 is 1.94. The van der Waals surface area contributed by atoms with Crippen molar-refractivity contribution < 1.29 is 14.6 Å². The molecule has 0 saturated heterocycles. The van der Waals surface area contributed by atoms with Gasteiger partial charge in [-0.2, -0.15) is 11.8 Å². The highest BCUT2D eigenvalue weighted by Gasteiger charge is 2.23. The van der Waals surface area contributed by atoms with Gasteiger partial charge in [0.2, 0.25) is 0 Å². The Morgan fingerprint density at radius 1 is 1.43 bits per heavy atom. The normalized spacial score (nSPS) is 22.0. The molecule has 0 radical (unpaired) electrons. The number of aromatic carboxylic acids is 1. The van der Waals surface area contributed by atoms with Crippen molar-refractivity contribution in [3.8, 4) is 5.75 Å². The highest BCUT2D eigenvalue weighted by Crippen LogP contribution is 2.26. The Hall–Kier alpha value is -1.20. The predicted molar refractivity (Wildman–Crippen MR) is 86.5 cm³/mol.